The van der Waals surface area contributed by atoms with Gasteiger partial charge in [-0.2, -0.15) is 5.10 Å². The van der Waals surface area contributed by atoms with Crippen LogP contribution in [0.1, 0.15) is 34.3 Å². The molecule has 41 heavy (non-hydrogen) atoms. The Morgan fingerprint density at radius 3 is 2.22 bits per heavy atom. The molecule has 0 aliphatic carbocycles. The van der Waals surface area contributed by atoms with E-state index in [1.165, 1.54) is 15.7 Å². The maximum atomic E-state index is 13.9. The van der Waals surface area contributed by atoms with Crippen LogP contribution >= 0.6 is 22.9 Å². The highest BCUT2D eigenvalue weighted by atomic mass is 35.5. The highest BCUT2D eigenvalue weighted by Gasteiger charge is 2.22. The van der Waals surface area contributed by atoms with E-state index in [0.717, 1.165) is 22.5 Å². The van der Waals surface area contributed by atoms with Crippen molar-refractivity contribution >= 4 is 33.8 Å². The second-order valence-corrected chi connectivity index (χ2v) is 11.1. The molecular formula is C32H26ClN5O2S. The number of rotatable bonds is 7. The van der Waals surface area contributed by atoms with Crippen LogP contribution < -0.4 is 10.9 Å². The molecule has 0 saturated heterocycles. The molecule has 0 aliphatic rings. The summed E-state index contributed by atoms with van der Waals surface area (Å²) in [5.41, 5.74) is 5.50. The minimum atomic E-state index is -0.317. The minimum absolute atomic E-state index is 0.0263. The fraction of sp³-hybridized carbons (Fsp3) is 0.125. The van der Waals surface area contributed by atoms with Gasteiger partial charge >= 0.3 is 0 Å². The largest absolute Gasteiger partial charge is 0.345 e. The predicted molar refractivity (Wildman–Crippen MR) is 163 cm³/mol. The van der Waals surface area contributed by atoms with Crippen molar-refractivity contribution in [1.29, 1.82) is 0 Å². The third kappa shape index (κ3) is 5.31. The van der Waals surface area contributed by atoms with E-state index >= 15 is 0 Å². The molecule has 0 atom stereocenters. The van der Waals surface area contributed by atoms with E-state index < -0.39 is 0 Å². The van der Waals surface area contributed by atoms with Gasteiger partial charge < -0.3 is 5.32 Å². The van der Waals surface area contributed by atoms with E-state index in [1.807, 2.05) is 98.1 Å². The summed E-state index contributed by atoms with van der Waals surface area (Å²) in [6.07, 6.45) is 0.0263. The van der Waals surface area contributed by atoms with E-state index in [4.69, 9.17) is 21.7 Å². The van der Waals surface area contributed by atoms with Crippen molar-refractivity contribution in [2.45, 2.75) is 26.3 Å². The monoisotopic (exact) mass is 579 g/mol. The van der Waals surface area contributed by atoms with E-state index in [2.05, 4.69) is 5.32 Å². The Kier molecular flexibility index (Phi) is 7.26. The molecule has 1 N–H and O–H groups in total. The topological polar surface area (TPSA) is 81.3 Å². The number of aryl methyl sites for hydroxylation is 2. The number of hydrogen-bond donors (Lipinski definition) is 1. The summed E-state index contributed by atoms with van der Waals surface area (Å²) in [5.74, 6) is -0.195. The molecule has 3 aromatic carbocycles. The van der Waals surface area contributed by atoms with Crippen LogP contribution in [0.4, 0.5) is 0 Å². The molecule has 0 aliphatic heterocycles. The van der Waals surface area contributed by atoms with Crippen LogP contribution in [0.25, 0.3) is 21.9 Å². The number of fused-ring (bicyclic) bond motifs is 1. The first-order valence-corrected chi connectivity index (χ1v) is 14.4. The second-order valence-electron chi connectivity index (χ2n) is 9.78. The third-order valence-electron chi connectivity index (χ3n) is 6.95. The Hall–Kier alpha value is -4.53. The lowest BCUT2D eigenvalue weighted by molar-refractivity contribution is -0.121. The number of carbonyl (C=O) groups is 1. The number of thiazole rings is 1. The molecule has 7 nitrogen and oxygen atoms in total. The van der Waals surface area contributed by atoms with Crippen LogP contribution in [-0.4, -0.2) is 25.1 Å². The summed E-state index contributed by atoms with van der Waals surface area (Å²) in [7, 11) is 0. The van der Waals surface area contributed by atoms with Crippen molar-refractivity contribution in [2.75, 3.05) is 0 Å². The van der Waals surface area contributed by atoms with Crippen LogP contribution in [0.5, 0.6) is 0 Å². The molecule has 6 rings (SSSR count). The van der Waals surface area contributed by atoms with Crippen LogP contribution in [0.3, 0.4) is 0 Å². The van der Waals surface area contributed by atoms with Crippen molar-refractivity contribution in [1.82, 2.24) is 24.5 Å². The number of nitrogens with one attached hydrogen (secondary N) is 1. The van der Waals surface area contributed by atoms with Crippen molar-refractivity contribution < 1.29 is 4.79 Å². The molecule has 3 heterocycles. The lowest BCUT2D eigenvalue weighted by atomic mass is 9.98. The number of aromatic nitrogens is 4. The maximum Gasteiger partial charge on any atom is 0.268 e. The second kappa shape index (κ2) is 11.2. The standard InChI is InChI=1S/C32H26ClN5O2S/c1-20-17-27(36-38(20)25-15-13-24(33)14-16-25)29-21(2)34-32-37(31(29)40)26(19-41-32)18-28(39)35-30(22-9-5-3-6-10-22)23-11-7-4-8-12-23/h3-17,19,30H,18H2,1-2H3,(H,35,39). The highest BCUT2D eigenvalue weighted by Crippen LogP contribution is 2.25. The normalized spacial score (nSPS) is 11.3. The van der Waals surface area contributed by atoms with E-state index in [1.54, 1.807) is 16.8 Å². The van der Waals surface area contributed by atoms with Gasteiger partial charge in [0.1, 0.15) is 5.69 Å². The van der Waals surface area contributed by atoms with Crippen molar-refractivity contribution in [3.05, 3.63) is 140 Å². The number of hydrogen-bond acceptors (Lipinski definition) is 5. The van der Waals surface area contributed by atoms with E-state index in [0.29, 0.717) is 32.6 Å². The summed E-state index contributed by atoms with van der Waals surface area (Å²) >= 11 is 7.40. The Bertz CT molecular complexity index is 1870. The molecule has 1 amide bonds. The summed E-state index contributed by atoms with van der Waals surface area (Å²) in [5, 5.41) is 10.4. The van der Waals surface area contributed by atoms with Gasteiger partial charge in [-0.15, -0.1) is 11.3 Å². The Morgan fingerprint density at radius 1 is 0.951 bits per heavy atom. The van der Waals surface area contributed by atoms with Gasteiger partial charge in [0.2, 0.25) is 5.91 Å². The predicted octanol–water partition coefficient (Wildman–Crippen LogP) is 6.33. The summed E-state index contributed by atoms with van der Waals surface area (Å²) in [6.45, 7) is 3.74. The van der Waals surface area contributed by atoms with Crippen molar-refractivity contribution in [3.8, 4) is 16.9 Å². The number of halogens is 1. The summed E-state index contributed by atoms with van der Waals surface area (Å²) in [6, 6.07) is 28.6. The first-order valence-electron chi connectivity index (χ1n) is 13.1. The quantitative estimate of drug-likeness (QED) is 0.240. The lowest BCUT2D eigenvalue weighted by Gasteiger charge is -2.20. The van der Waals surface area contributed by atoms with Crippen LogP contribution in [-0.2, 0) is 11.2 Å². The number of nitrogens with zero attached hydrogens (tertiary/aromatic N) is 4. The third-order valence-corrected chi connectivity index (χ3v) is 8.08. The van der Waals surface area contributed by atoms with Gasteiger partial charge in [-0.05, 0) is 55.3 Å². The molecule has 6 aromatic rings. The van der Waals surface area contributed by atoms with Crippen LogP contribution in [0, 0.1) is 13.8 Å². The molecule has 0 bridgehead atoms. The molecule has 204 valence electrons. The molecule has 0 spiro atoms. The van der Waals surface area contributed by atoms with Crippen molar-refractivity contribution in [2.24, 2.45) is 0 Å². The van der Waals surface area contributed by atoms with Gasteiger partial charge in [0.25, 0.3) is 5.56 Å². The SMILES string of the molecule is Cc1nc2scc(CC(=O)NC(c3ccccc3)c3ccccc3)n2c(=O)c1-c1cc(C)n(-c2ccc(Cl)cc2)n1. The molecule has 0 radical (unpaired) electrons. The molecule has 0 unspecified atom stereocenters. The first kappa shape index (κ1) is 26.7. The minimum Gasteiger partial charge on any atom is -0.345 e. The van der Waals surface area contributed by atoms with Crippen molar-refractivity contribution in [3.63, 3.8) is 0 Å². The molecule has 3 aromatic heterocycles. The van der Waals surface area contributed by atoms with Gasteiger partial charge in [-0.3, -0.25) is 14.0 Å². The number of benzene rings is 3. The average molecular weight is 580 g/mol. The fourth-order valence-corrected chi connectivity index (χ4v) is 6.04. The summed E-state index contributed by atoms with van der Waals surface area (Å²) < 4.78 is 3.30. The van der Waals surface area contributed by atoms with E-state index in [-0.39, 0.29) is 23.9 Å². The van der Waals surface area contributed by atoms with Crippen LogP contribution in [0.15, 0.2) is 101 Å². The molecular weight excluding hydrogens is 554 g/mol. The van der Waals surface area contributed by atoms with Gasteiger partial charge in [-0.25, -0.2) is 9.67 Å². The zero-order chi connectivity index (χ0) is 28.5. The smallest absolute Gasteiger partial charge is 0.268 e. The van der Waals surface area contributed by atoms with Gasteiger partial charge in [0, 0.05) is 21.8 Å². The van der Waals surface area contributed by atoms with Gasteiger partial charge in [0.15, 0.2) is 4.96 Å². The van der Waals surface area contributed by atoms with Crippen LogP contribution in [0.2, 0.25) is 5.02 Å². The number of carbonyl (C=O) groups excluding carboxylic acids is 1. The Labute approximate surface area is 245 Å². The van der Waals surface area contributed by atoms with Gasteiger partial charge in [0.05, 0.1) is 29.4 Å². The Balaban J connectivity index is 1.34. The maximum absolute atomic E-state index is 13.9. The highest BCUT2D eigenvalue weighted by molar-refractivity contribution is 7.15. The zero-order valence-electron chi connectivity index (χ0n) is 22.4. The molecule has 9 heteroatoms. The fourth-order valence-electron chi connectivity index (χ4n) is 4.99. The molecule has 0 fully saturated rings. The summed E-state index contributed by atoms with van der Waals surface area (Å²) in [4.78, 5) is 32.6. The first-order chi connectivity index (χ1) is 19.9. The number of amides is 1. The molecule has 0 saturated carbocycles. The lowest BCUT2D eigenvalue weighted by Crippen LogP contribution is -2.31. The van der Waals surface area contributed by atoms with Gasteiger partial charge in [-0.1, -0.05) is 72.3 Å². The van der Waals surface area contributed by atoms with E-state index in [9.17, 15) is 9.59 Å². The average Bonchev–Trinajstić information content (AvgIpc) is 3.56. The Morgan fingerprint density at radius 2 is 1.59 bits per heavy atom. The zero-order valence-corrected chi connectivity index (χ0v) is 24.0.